The molecule has 0 fully saturated rings. The van der Waals surface area contributed by atoms with Gasteiger partial charge in [-0.25, -0.2) is 8.78 Å². The summed E-state index contributed by atoms with van der Waals surface area (Å²) in [6.45, 7) is 0. The Kier molecular flexibility index (Phi) is 6.22. The van der Waals surface area contributed by atoms with Crippen LogP contribution in [0.3, 0.4) is 0 Å². The van der Waals surface area contributed by atoms with Crippen molar-refractivity contribution >= 4 is 11.6 Å². The van der Waals surface area contributed by atoms with Crippen LogP contribution in [0.15, 0.2) is 0 Å². The lowest BCUT2D eigenvalue weighted by Crippen LogP contribution is -2.18. The molecule has 0 saturated heterocycles. The van der Waals surface area contributed by atoms with E-state index >= 15 is 0 Å². The zero-order chi connectivity index (χ0) is 8.08. The lowest BCUT2D eigenvalue weighted by Gasteiger charge is -2.00. The minimum absolute atomic E-state index is 1.47. The molecule has 0 unspecified atom stereocenters. The zero-order valence-electron chi connectivity index (χ0n) is 4.35. The van der Waals surface area contributed by atoms with Gasteiger partial charge in [-0.1, -0.05) is 0 Å². The fourth-order valence-corrected chi connectivity index (χ4v) is 0. The van der Waals surface area contributed by atoms with Gasteiger partial charge in [0.2, 0.25) is 0 Å². The van der Waals surface area contributed by atoms with Crippen molar-refractivity contribution in [3.05, 3.63) is 0 Å². The molecule has 6 heteroatoms. The Morgan fingerprint density at radius 1 is 1.11 bits per heavy atom. The van der Waals surface area contributed by atoms with Gasteiger partial charge in [-0.15, -0.1) is 11.6 Å². The average molecular weight is 171 g/mol. The fraction of sp³-hybridized carbons (Fsp3) is 1.00. The van der Waals surface area contributed by atoms with Crippen LogP contribution in [0.25, 0.3) is 0 Å². The molecule has 0 radical (unpaired) electrons. The third kappa shape index (κ3) is 7.94. The molecule has 0 bridgehead atoms. The highest BCUT2D eigenvalue weighted by molar-refractivity contribution is 6.15. The summed E-state index contributed by atoms with van der Waals surface area (Å²) in [5.41, 5.74) is 0. The van der Waals surface area contributed by atoms with Crippen LogP contribution in [0.4, 0.5) is 22.0 Å². The Hall–Kier alpha value is -0.0600. The largest absolute Gasteiger partial charge is 0.450 e. The summed E-state index contributed by atoms with van der Waals surface area (Å²) in [6.07, 6.45) is -8.06. The quantitative estimate of drug-likeness (QED) is 0.387. The van der Waals surface area contributed by atoms with Crippen molar-refractivity contribution in [1.82, 2.24) is 0 Å². The van der Waals surface area contributed by atoms with E-state index in [0.717, 1.165) is 0 Å². The second-order valence-corrected chi connectivity index (χ2v) is 0.842. The van der Waals surface area contributed by atoms with E-state index in [1.807, 2.05) is 0 Å². The van der Waals surface area contributed by atoms with Gasteiger partial charge < -0.3 is 0 Å². The van der Waals surface area contributed by atoms with Crippen LogP contribution in [-0.2, 0) is 0 Å². The lowest BCUT2D eigenvalue weighted by atomic mass is 10.7. The Morgan fingerprint density at radius 3 is 1.22 bits per heavy atom. The van der Waals surface area contributed by atoms with Gasteiger partial charge in [0.25, 0.3) is 0 Å². The van der Waals surface area contributed by atoms with Crippen LogP contribution in [-0.4, -0.2) is 19.0 Å². The average Bonchev–Trinajstić information content (AvgIpc) is 1.69. The Morgan fingerprint density at radius 2 is 1.22 bits per heavy atom. The van der Waals surface area contributed by atoms with Crippen molar-refractivity contribution in [2.45, 2.75) is 12.6 Å². The summed E-state index contributed by atoms with van der Waals surface area (Å²) in [6, 6.07) is 0. The van der Waals surface area contributed by atoms with E-state index in [0.29, 0.717) is 0 Å². The smallest absolute Gasteiger partial charge is 0.200 e. The van der Waals surface area contributed by atoms with Gasteiger partial charge in [-0.2, -0.15) is 13.2 Å². The van der Waals surface area contributed by atoms with E-state index in [4.69, 9.17) is 0 Å². The maximum absolute atomic E-state index is 10.4. The molecular formula is C3H4ClF5. The van der Waals surface area contributed by atoms with Crippen LogP contribution in [0.5, 0.6) is 0 Å². The highest BCUT2D eigenvalue weighted by atomic mass is 35.5. The third-order valence-electron chi connectivity index (χ3n) is 0.247. The van der Waals surface area contributed by atoms with Gasteiger partial charge in [-0.3, -0.25) is 0 Å². The van der Waals surface area contributed by atoms with E-state index in [1.165, 1.54) is 6.38 Å². The molecule has 0 aliphatic heterocycles. The Balaban J connectivity index is 0. The number of halogens is 6. The molecule has 0 amide bonds. The highest BCUT2D eigenvalue weighted by Crippen LogP contribution is 2.22. The first-order chi connectivity index (χ1) is 3.94. The van der Waals surface area contributed by atoms with Crippen LogP contribution >= 0.6 is 11.6 Å². The number of hydrogen-bond donors (Lipinski definition) is 0. The summed E-state index contributed by atoms with van der Waals surface area (Å²) >= 11 is 4.64. The summed E-state index contributed by atoms with van der Waals surface area (Å²) in [7, 11) is 0. The maximum Gasteiger partial charge on any atom is 0.450 e. The molecule has 58 valence electrons. The SMILES string of the molecule is CCl.FC(F)C(F)(F)F. The lowest BCUT2D eigenvalue weighted by molar-refractivity contribution is -0.219. The maximum atomic E-state index is 10.4. The standard InChI is InChI=1S/C2HF5.CH3Cl/c3-1(4)2(5,6)7;1-2/h1H;1H3. The second-order valence-electron chi connectivity index (χ2n) is 0.842. The molecule has 0 saturated carbocycles. The number of alkyl halides is 6. The first-order valence-corrected chi connectivity index (χ1v) is 2.43. The minimum atomic E-state index is -5.33. The van der Waals surface area contributed by atoms with Crippen molar-refractivity contribution in [3.63, 3.8) is 0 Å². The highest BCUT2D eigenvalue weighted by Gasteiger charge is 2.40. The predicted molar refractivity (Wildman–Crippen MR) is 23.8 cm³/mol. The molecule has 0 aliphatic carbocycles. The van der Waals surface area contributed by atoms with Crippen LogP contribution in [0.2, 0.25) is 0 Å². The Bertz CT molecular complexity index is 57.7. The second kappa shape index (κ2) is 4.78. The first-order valence-electron chi connectivity index (χ1n) is 1.67. The fourth-order valence-electron chi connectivity index (χ4n) is 0. The monoisotopic (exact) mass is 170 g/mol. The van der Waals surface area contributed by atoms with Crippen molar-refractivity contribution < 1.29 is 22.0 Å². The molecule has 9 heavy (non-hydrogen) atoms. The molecule has 0 aromatic rings. The molecule has 0 rings (SSSR count). The molecule has 0 aromatic heterocycles. The molecule has 0 heterocycles. The molecule has 0 spiro atoms. The van der Waals surface area contributed by atoms with Gasteiger partial charge in [0.05, 0.1) is 0 Å². The van der Waals surface area contributed by atoms with Crippen molar-refractivity contribution in [1.29, 1.82) is 0 Å². The molecule has 0 aliphatic rings. The summed E-state index contributed by atoms with van der Waals surface area (Å²) in [5.74, 6) is 0. The normalized spacial score (nSPS) is 10.7. The van der Waals surface area contributed by atoms with Crippen molar-refractivity contribution in [2.75, 3.05) is 6.38 Å². The van der Waals surface area contributed by atoms with Gasteiger partial charge >= 0.3 is 12.6 Å². The minimum Gasteiger partial charge on any atom is -0.200 e. The van der Waals surface area contributed by atoms with Crippen molar-refractivity contribution in [3.8, 4) is 0 Å². The topological polar surface area (TPSA) is 0 Å². The number of hydrogen-bond acceptors (Lipinski definition) is 0. The van der Waals surface area contributed by atoms with E-state index < -0.39 is 12.6 Å². The number of rotatable bonds is 0. The van der Waals surface area contributed by atoms with Crippen LogP contribution in [0.1, 0.15) is 0 Å². The molecule has 0 aromatic carbocycles. The van der Waals surface area contributed by atoms with E-state index in [9.17, 15) is 22.0 Å². The summed E-state index contributed by atoms with van der Waals surface area (Å²) in [5, 5.41) is 0. The van der Waals surface area contributed by atoms with E-state index in [1.54, 1.807) is 0 Å². The van der Waals surface area contributed by atoms with E-state index in [2.05, 4.69) is 11.6 Å². The van der Waals surface area contributed by atoms with E-state index in [-0.39, 0.29) is 0 Å². The van der Waals surface area contributed by atoms with Gasteiger partial charge in [-0.05, 0) is 0 Å². The van der Waals surface area contributed by atoms with Gasteiger partial charge in [0.15, 0.2) is 0 Å². The molecule has 0 nitrogen and oxygen atoms in total. The first kappa shape index (κ1) is 11.7. The van der Waals surface area contributed by atoms with Crippen LogP contribution < -0.4 is 0 Å². The third-order valence-corrected chi connectivity index (χ3v) is 0.247. The Labute approximate surface area is 53.6 Å². The zero-order valence-corrected chi connectivity index (χ0v) is 5.10. The molecule has 0 N–H and O–H groups in total. The van der Waals surface area contributed by atoms with Crippen molar-refractivity contribution in [2.24, 2.45) is 0 Å². The molecular weight excluding hydrogens is 166 g/mol. The molecule has 0 atom stereocenters. The van der Waals surface area contributed by atoms with Crippen LogP contribution in [0, 0.1) is 0 Å². The van der Waals surface area contributed by atoms with Gasteiger partial charge in [0.1, 0.15) is 0 Å². The summed E-state index contributed by atoms with van der Waals surface area (Å²) in [4.78, 5) is 0. The van der Waals surface area contributed by atoms with Gasteiger partial charge in [0, 0.05) is 6.38 Å². The summed E-state index contributed by atoms with van der Waals surface area (Å²) < 4.78 is 52.1. The predicted octanol–water partition coefficient (Wildman–Crippen LogP) is 2.67.